The first-order valence-electron chi connectivity index (χ1n) is 11.5. The molecule has 0 aromatic heterocycles. The van der Waals surface area contributed by atoms with Gasteiger partial charge < -0.3 is 14.4 Å². The highest BCUT2D eigenvalue weighted by molar-refractivity contribution is 7.89. The Morgan fingerprint density at radius 3 is 2.31 bits per heavy atom. The minimum atomic E-state index is -4.89. The van der Waals surface area contributed by atoms with Crippen molar-refractivity contribution in [1.29, 1.82) is 0 Å². The molecule has 0 atom stereocenters. The van der Waals surface area contributed by atoms with Crippen LogP contribution in [-0.4, -0.2) is 51.3 Å². The van der Waals surface area contributed by atoms with Crippen molar-refractivity contribution < 1.29 is 35.9 Å². The molecule has 2 aromatic carbocycles. The standard InChI is InChI=1S/C25H31F3N2O5S/c1-24(2,3)35-23(31)30-13-11-19(12-14-30)29-36(32,33)22-10-9-17(15-21(22)25(26,27)28)20-8-6-5-7-18(20)16-34-4/h5-10,15,19,29H,11-14,16H2,1-4H3. The second-order valence-electron chi connectivity index (χ2n) is 9.66. The Bertz CT molecular complexity index is 1180. The number of hydrogen-bond donors (Lipinski definition) is 1. The number of piperidine rings is 1. The summed E-state index contributed by atoms with van der Waals surface area (Å²) in [6, 6.07) is 9.43. The number of ether oxygens (including phenoxy) is 2. The van der Waals surface area contributed by atoms with Gasteiger partial charge in [-0.05, 0) is 62.4 Å². The number of hydrogen-bond acceptors (Lipinski definition) is 5. The van der Waals surface area contributed by atoms with Crippen molar-refractivity contribution >= 4 is 16.1 Å². The highest BCUT2D eigenvalue weighted by Gasteiger charge is 2.39. The van der Waals surface area contributed by atoms with Gasteiger partial charge in [-0.1, -0.05) is 30.3 Å². The van der Waals surface area contributed by atoms with Crippen molar-refractivity contribution in [1.82, 2.24) is 9.62 Å². The summed E-state index contributed by atoms with van der Waals surface area (Å²) in [5, 5.41) is 0. The summed E-state index contributed by atoms with van der Waals surface area (Å²) in [7, 11) is -3.01. The van der Waals surface area contributed by atoms with E-state index in [1.165, 1.54) is 18.1 Å². The number of sulfonamides is 1. The third-order valence-electron chi connectivity index (χ3n) is 5.67. The third kappa shape index (κ3) is 6.98. The summed E-state index contributed by atoms with van der Waals surface area (Å²) in [6.07, 6.45) is -4.89. The maximum absolute atomic E-state index is 14.0. The number of nitrogens with zero attached hydrogens (tertiary/aromatic N) is 1. The number of benzene rings is 2. The Morgan fingerprint density at radius 2 is 1.72 bits per heavy atom. The number of rotatable bonds is 6. The maximum Gasteiger partial charge on any atom is 0.417 e. The Morgan fingerprint density at radius 1 is 1.08 bits per heavy atom. The van der Waals surface area contributed by atoms with Gasteiger partial charge in [-0.3, -0.25) is 0 Å². The van der Waals surface area contributed by atoms with E-state index in [2.05, 4.69) is 4.72 Å². The second kappa shape index (κ2) is 10.8. The summed E-state index contributed by atoms with van der Waals surface area (Å²) < 4.78 is 81.0. The number of halogens is 3. The molecule has 198 valence electrons. The lowest BCUT2D eigenvalue weighted by Gasteiger charge is -2.33. The maximum atomic E-state index is 14.0. The van der Waals surface area contributed by atoms with Gasteiger partial charge in [0.15, 0.2) is 0 Å². The van der Waals surface area contributed by atoms with Gasteiger partial charge in [0.1, 0.15) is 5.60 Å². The molecule has 0 radical (unpaired) electrons. The predicted octanol–water partition coefficient (Wildman–Crippen LogP) is 5.20. The SMILES string of the molecule is COCc1ccccc1-c1ccc(S(=O)(=O)NC2CCN(C(=O)OC(C)(C)C)CC2)c(C(F)(F)F)c1. The van der Waals surface area contributed by atoms with E-state index in [9.17, 15) is 26.4 Å². The molecule has 0 bridgehead atoms. The summed E-state index contributed by atoms with van der Waals surface area (Å²) in [6.45, 7) is 5.87. The van der Waals surface area contributed by atoms with E-state index in [0.717, 1.165) is 12.1 Å². The van der Waals surface area contributed by atoms with Gasteiger partial charge in [-0.2, -0.15) is 13.2 Å². The summed E-state index contributed by atoms with van der Waals surface area (Å²) in [5.74, 6) is 0. The number of amides is 1. The number of methoxy groups -OCH3 is 1. The van der Waals surface area contributed by atoms with Crippen LogP contribution in [0.3, 0.4) is 0 Å². The monoisotopic (exact) mass is 528 g/mol. The first-order valence-corrected chi connectivity index (χ1v) is 13.0. The molecule has 11 heteroatoms. The molecule has 3 rings (SSSR count). The van der Waals surface area contributed by atoms with Crippen LogP contribution in [0.15, 0.2) is 47.4 Å². The van der Waals surface area contributed by atoms with Crippen LogP contribution in [0.4, 0.5) is 18.0 Å². The van der Waals surface area contributed by atoms with Gasteiger partial charge in [0.2, 0.25) is 10.0 Å². The van der Waals surface area contributed by atoms with Gasteiger partial charge in [0.25, 0.3) is 0 Å². The van der Waals surface area contributed by atoms with Crippen molar-refractivity contribution in [3.63, 3.8) is 0 Å². The molecule has 0 spiro atoms. The normalized spacial score (nSPS) is 15.7. The Kier molecular flexibility index (Phi) is 8.37. The van der Waals surface area contributed by atoms with Gasteiger partial charge >= 0.3 is 12.3 Å². The highest BCUT2D eigenvalue weighted by Crippen LogP contribution is 2.38. The van der Waals surface area contributed by atoms with E-state index in [1.54, 1.807) is 45.0 Å². The van der Waals surface area contributed by atoms with E-state index in [1.807, 2.05) is 0 Å². The lowest BCUT2D eigenvalue weighted by molar-refractivity contribution is -0.139. The highest BCUT2D eigenvalue weighted by atomic mass is 32.2. The van der Waals surface area contributed by atoms with E-state index < -0.39 is 44.4 Å². The lowest BCUT2D eigenvalue weighted by atomic mass is 9.98. The van der Waals surface area contributed by atoms with Gasteiger partial charge in [-0.25, -0.2) is 17.9 Å². The fourth-order valence-corrected chi connectivity index (χ4v) is 5.54. The Labute approximate surface area is 209 Å². The van der Waals surface area contributed by atoms with Crippen molar-refractivity contribution in [3.05, 3.63) is 53.6 Å². The fraction of sp³-hybridized carbons (Fsp3) is 0.480. The van der Waals surface area contributed by atoms with Crippen LogP contribution in [0, 0.1) is 0 Å². The van der Waals surface area contributed by atoms with Gasteiger partial charge in [-0.15, -0.1) is 0 Å². The molecule has 2 aromatic rings. The zero-order chi connectivity index (χ0) is 26.7. The number of carbonyl (C=O) groups excluding carboxylic acids is 1. The van der Waals surface area contributed by atoms with Crippen molar-refractivity contribution in [3.8, 4) is 11.1 Å². The Balaban J connectivity index is 1.82. The number of alkyl halides is 3. The topological polar surface area (TPSA) is 84.9 Å². The smallest absolute Gasteiger partial charge is 0.417 e. The minimum Gasteiger partial charge on any atom is -0.444 e. The first kappa shape index (κ1) is 27.9. The van der Waals surface area contributed by atoms with Crippen LogP contribution in [0.5, 0.6) is 0 Å². The summed E-state index contributed by atoms with van der Waals surface area (Å²) >= 11 is 0. The molecule has 1 N–H and O–H groups in total. The van der Waals surface area contributed by atoms with Crippen LogP contribution in [-0.2, 0) is 32.3 Å². The molecule has 7 nitrogen and oxygen atoms in total. The summed E-state index contributed by atoms with van der Waals surface area (Å²) in [4.78, 5) is 12.9. The van der Waals surface area contributed by atoms with Crippen LogP contribution < -0.4 is 4.72 Å². The van der Waals surface area contributed by atoms with Gasteiger partial charge in [0.05, 0.1) is 17.1 Å². The lowest BCUT2D eigenvalue weighted by Crippen LogP contribution is -2.47. The molecule has 1 heterocycles. The Hall–Kier alpha value is -2.63. The molecule has 0 saturated carbocycles. The molecule has 1 saturated heterocycles. The largest absolute Gasteiger partial charge is 0.444 e. The third-order valence-corrected chi connectivity index (χ3v) is 7.25. The molecule has 0 aliphatic carbocycles. The molecule has 1 fully saturated rings. The first-order chi connectivity index (χ1) is 16.7. The molecule has 36 heavy (non-hydrogen) atoms. The zero-order valence-electron chi connectivity index (χ0n) is 20.7. The fourth-order valence-electron chi connectivity index (χ4n) is 4.03. The van der Waals surface area contributed by atoms with Crippen molar-refractivity contribution in [2.24, 2.45) is 0 Å². The van der Waals surface area contributed by atoms with Crippen molar-refractivity contribution in [2.45, 2.75) is 62.9 Å². The number of carbonyl (C=O) groups is 1. The molecule has 1 aliphatic rings. The van der Waals surface area contributed by atoms with Crippen LogP contribution in [0.25, 0.3) is 11.1 Å². The van der Waals surface area contributed by atoms with Crippen LogP contribution >= 0.6 is 0 Å². The zero-order valence-corrected chi connectivity index (χ0v) is 21.5. The van der Waals surface area contributed by atoms with Crippen LogP contribution in [0.1, 0.15) is 44.7 Å². The quantitative estimate of drug-likeness (QED) is 0.557. The number of nitrogens with one attached hydrogen (secondary N) is 1. The summed E-state index contributed by atoms with van der Waals surface area (Å²) in [5.41, 5.74) is -0.472. The predicted molar refractivity (Wildman–Crippen MR) is 129 cm³/mol. The van der Waals surface area contributed by atoms with Gasteiger partial charge in [0, 0.05) is 26.2 Å². The van der Waals surface area contributed by atoms with E-state index in [-0.39, 0.29) is 38.1 Å². The minimum absolute atomic E-state index is 0.196. The number of likely N-dealkylation sites (tertiary alicyclic amines) is 1. The molecular formula is C25H31F3N2O5S. The molecular weight excluding hydrogens is 497 g/mol. The van der Waals surface area contributed by atoms with E-state index in [4.69, 9.17) is 9.47 Å². The van der Waals surface area contributed by atoms with Crippen LogP contribution in [0.2, 0.25) is 0 Å². The van der Waals surface area contributed by atoms with E-state index in [0.29, 0.717) is 11.1 Å². The molecule has 0 unspecified atom stereocenters. The molecule has 1 amide bonds. The average molecular weight is 529 g/mol. The average Bonchev–Trinajstić information content (AvgIpc) is 2.78. The molecule has 1 aliphatic heterocycles. The van der Waals surface area contributed by atoms with Crippen molar-refractivity contribution in [2.75, 3.05) is 20.2 Å². The second-order valence-corrected chi connectivity index (χ2v) is 11.3. The van der Waals surface area contributed by atoms with E-state index >= 15 is 0 Å².